The zero-order valence-corrected chi connectivity index (χ0v) is 17.2. The minimum Gasteiger partial charge on any atom is -0.493 e. The highest BCUT2D eigenvalue weighted by atomic mass is 16.5. The number of para-hydroxylation sites is 2. The number of carbonyl (C=O) groups is 1. The smallest absolute Gasteiger partial charge is 0.254 e. The molecule has 0 radical (unpaired) electrons. The number of carbonyl (C=O) groups excluding carboxylic acids is 1. The fraction of sp³-hybridized carbons (Fsp3) is 0.250. The highest BCUT2D eigenvalue weighted by Gasteiger charge is 2.27. The number of amides is 1. The molecule has 1 aliphatic carbocycles. The van der Waals surface area contributed by atoms with Crippen molar-refractivity contribution in [2.24, 2.45) is 0 Å². The number of fused-ring (bicyclic) bond motifs is 2. The number of hydrogen-bond acceptors (Lipinski definition) is 4. The van der Waals surface area contributed by atoms with Gasteiger partial charge in [-0.05, 0) is 42.2 Å². The van der Waals surface area contributed by atoms with Crippen LogP contribution >= 0.6 is 0 Å². The number of rotatable bonds is 4. The van der Waals surface area contributed by atoms with Crippen LogP contribution < -0.4 is 9.47 Å². The number of hydrogen-bond donors (Lipinski definition) is 0. The summed E-state index contributed by atoms with van der Waals surface area (Å²) in [7, 11) is 6.85. The van der Waals surface area contributed by atoms with E-state index >= 15 is 0 Å². The molecule has 1 aromatic heterocycles. The van der Waals surface area contributed by atoms with Gasteiger partial charge in [0.2, 0.25) is 0 Å². The van der Waals surface area contributed by atoms with E-state index in [9.17, 15) is 4.79 Å². The number of benzene rings is 2. The highest BCUT2D eigenvalue weighted by molar-refractivity contribution is 6.09. The molecule has 0 saturated heterocycles. The number of methoxy groups -OCH3 is 2. The first-order valence-electron chi connectivity index (χ1n) is 9.60. The van der Waals surface area contributed by atoms with Crippen molar-refractivity contribution >= 4 is 28.5 Å². The average molecular weight is 388 g/mol. The predicted molar refractivity (Wildman–Crippen MR) is 115 cm³/mol. The number of pyridine rings is 1. The van der Waals surface area contributed by atoms with Crippen molar-refractivity contribution in [1.82, 2.24) is 9.88 Å². The molecular weight excluding hydrogens is 364 g/mol. The van der Waals surface area contributed by atoms with E-state index in [1.54, 1.807) is 33.2 Å². The Morgan fingerprint density at radius 1 is 1.03 bits per heavy atom. The first-order valence-corrected chi connectivity index (χ1v) is 9.60. The molecule has 0 spiro atoms. The molecule has 0 saturated carbocycles. The second kappa shape index (κ2) is 7.59. The van der Waals surface area contributed by atoms with E-state index in [-0.39, 0.29) is 5.91 Å². The number of ether oxygens (including phenoxy) is 2. The summed E-state index contributed by atoms with van der Waals surface area (Å²) >= 11 is 0. The molecule has 148 valence electrons. The van der Waals surface area contributed by atoms with E-state index in [0.29, 0.717) is 11.5 Å². The maximum absolute atomic E-state index is 13.0. The normalized spacial score (nSPS) is 14.1. The molecule has 0 unspecified atom stereocenters. The van der Waals surface area contributed by atoms with Gasteiger partial charge in [-0.25, -0.2) is 4.98 Å². The van der Waals surface area contributed by atoms with Gasteiger partial charge in [-0.3, -0.25) is 4.79 Å². The minimum absolute atomic E-state index is 0.0139. The van der Waals surface area contributed by atoms with Crippen molar-refractivity contribution in [3.63, 3.8) is 0 Å². The second-order valence-corrected chi connectivity index (χ2v) is 7.28. The lowest BCUT2D eigenvalue weighted by atomic mass is 9.99. The summed E-state index contributed by atoms with van der Waals surface area (Å²) in [5.74, 6) is 1.40. The Balaban J connectivity index is 1.93. The Morgan fingerprint density at radius 3 is 2.55 bits per heavy atom. The first kappa shape index (κ1) is 19.0. The molecule has 1 amide bonds. The molecule has 1 heterocycles. The van der Waals surface area contributed by atoms with Crippen LogP contribution in [0.4, 0.5) is 0 Å². The van der Waals surface area contributed by atoms with Gasteiger partial charge < -0.3 is 14.4 Å². The molecule has 5 heteroatoms. The van der Waals surface area contributed by atoms with Gasteiger partial charge in [-0.15, -0.1) is 0 Å². The molecule has 29 heavy (non-hydrogen) atoms. The average Bonchev–Trinajstić information content (AvgIpc) is 3.13. The van der Waals surface area contributed by atoms with E-state index < -0.39 is 0 Å². The number of nitrogens with zero attached hydrogens (tertiary/aromatic N) is 2. The molecule has 0 bridgehead atoms. The largest absolute Gasteiger partial charge is 0.493 e. The topological polar surface area (TPSA) is 51.7 Å². The van der Waals surface area contributed by atoms with Crippen molar-refractivity contribution in [2.75, 3.05) is 28.3 Å². The van der Waals surface area contributed by atoms with Crippen molar-refractivity contribution in [1.29, 1.82) is 0 Å². The van der Waals surface area contributed by atoms with Gasteiger partial charge in [-0.1, -0.05) is 30.3 Å². The van der Waals surface area contributed by atoms with Gasteiger partial charge in [0.1, 0.15) is 0 Å². The molecule has 5 nitrogen and oxygen atoms in total. The van der Waals surface area contributed by atoms with Gasteiger partial charge >= 0.3 is 0 Å². The fourth-order valence-electron chi connectivity index (χ4n) is 3.96. The molecular formula is C24H24N2O3. The van der Waals surface area contributed by atoms with E-state index in [0.717, 1.165) is 51.7 Å². The summed E-state index contributed by atoms with van der Waals surface area (Å²) in [6.07, 6.45) is 3.71. The summed E-state index contributed by atoms with van der Waals surface area (Å²) in [6, 6.07) is 13.7. The van der Waals surface area contributed by atoms with Crippen molar-refractivity contribution in [3.05, 3.63) is 64.8 Å². The minimum atomic E-state index is 0.0139. The Hall–Kier alpha value is -3.34. The van der Waals surface area contributed by atoms with Gasteiger partial charge in [0.25, 0.3) is 5.91 Å². The molecule has 0 aliphatic heterocycles. The highest BCUT2D eigenvalue weighted by Crippen LogP contribution is 2.40. The van der Waals surface area contributed by atoms with Crippen LogP contribution in [0.15, 0.2) is 42.5 Å². The van der Waals surface area contributed by atoms with E-state index in [4.69, 9.17) is 14.5 Å². The van der Waals surface area contributed by atoms with Crippen molar-refractivity contribution in [3.8, 4) is 11.5 Å². The third kappa shape index (κ3) is 3.23. The van der Waals surface area contributed by atoms with Crippen LogP contribution in [0.3, 0.4) is 0 Å². The lowest BCUT2D eigenvalue weighted by Gasteiger charge is -2.16. The van der Waals surface area contributed by atoms with E-state index in [2.05, 4.69) is 6.08 Å². The Bertz CT molecular complexity index is 1130. The lowest BCUT2D eigenvalue weighted by molar-refractivity contribution is 0.0828. The zero-order valence-electron chi connectivity index (χ0n) is 17.2. The lowest BCUT2D eigenvalue weighted by Crippen LogP contribution is -2.23. The van der Waals surface area contributed by atoms with Crippen molar-refractivity contribution in [2.45, 2.75) is 12.8 Å². The Morgan fingerprint density at radius 2 is 1.83 bits per heavy atom. The monoisotopic (exact) mass is 388 g/mol. The van der Waals surface area contributed by atoms with Crippen LogP contribution in [0.1, 0.15) is 33.6 Å². The summed E-state index contributed by atoms with van der Waals surface area (Å²) in [5.41, 5.74) is 5.56. The Kier molecular flexibility index (Phi) is 4.97. The van der Waals surface area contributed by atoms with Gasteiger partial charge in [-0.2, -0.15) is 0 Å². The quantitative estimate of drug-likeness (QED) is 0.663. The maximum Gasteiger partial charge on any atom is 0.254 e. The summed E-state index contributed by atoms with van der Waals surface area (Å²) < 4.78 is 11.0. The maximum atomic E-state index is 13.0. The van der Waals surface area contributed by atoms with Crippen LogP contribution in [-0.2, 0) is 6.42 Å². The molecule has 2 aromatic carbocycles. The van der Waals surface area contributed by atoms with E-state index in [1.165, 1.54) is 0 Å². The summed E-state index contributed by atoms with van der Waals surface area (Å²) in [6.45, 7) is 0. The number of aromatic nitrogens is 1. The SMILES string of the molecule is COc1cccc(/C=C2/CCc3c2nc2ccccc2c3C(=O)N(C)C)c1OC. The first-order chi connectivity index (χ1) is 14.0. The summed E-state index contributed by atoms with van der Waals surface area (Å²) in [5, 5.41) is 0.908. The molecule has 1 aliphatic rings. The van der Waals surface area contributed by atoms with Crippen LogP contribution in [0.25, 0.3) is 22.6 Å². The van der Waals surface area contributed by atoms with Gasteiger partial charge in [0.05, 0.1) is 31.0 Å². The summed E-state index contributed by atoms with van der Waals surface area (Å²) in [4.78, 5) is 19.6. The van der Waals surface area contributed by atoms with Crippen LogP contribution in [-0.4, -0.2) is 44.1 Å². The van der Waals surface area contributed by atoms with Crippen LogP contribution in [0.2, 0.25) is 0 Å². The third-order valence-electron chi connectivity index (χ3n) is 5.32. The zero-order chi connectivity index (χ0) is 20.5. The molecule has 4 rings (SSSR count). The predicted octanol–water partition coefficient (Wildman–Crippen LogP) is 4.44. The van der Waals surface area contributed by atoms with E-state index in [1.807, 2.05) is 42.5 Å². The molecule has 0 N–H and O–H groups in total. The standard InChI is InChI=1S/C24H24N2O3/c1-26(2)24(27)21-17-9-5-6-10-19(17)25-22-15(12-13-18(21)22)14-16-8-7-11-20(28-3)23(16)29-4/h5-11,14H,12-13H2,1-4H3/b15-14-. The van der Waals surface area contributed by atoms with Crippen molar-refractivity contribution < 1.29 is 14.3 Å². The van der Waals surface area contributed by atoms with Gasteiger partial charge in [0, 0.05) is 25.0 Å². The second-order valence-electron chi connectivity index (χ2n) is 7.28. The molecule has 0 atom stereocenters. The van der Waals surface area contributed by atoms with Crippen LogP contribution in [0.5, 0.6) is 11.5 Å². The fourth-order valence-corrected chi connectivity index (χ4v) is 3.96. The van der Waals surface area contributed by atoms with Gasteiger partial charge in [0.15, 0.2) is 11.5 Å². The third-order valence-corrected chi connectivity index (χ3v) is 5.32. The Labute approximate surface area is 170 Å². The molecule has 3 aromatic rings. The van der Waals surface area contributed by atoms with Crippen LogP contribution in [0, 0.1) is 0 Å². The number of allylic oxidation sites excluding steroid dienone is 1. The molecule has 0 fully saturated rings.